The van der Waals surface area contributed by atoms with Crippen LogP contribution in [-0.2, 0) is 25.9 Å². The van der Waals surface area contributed by atoms with E-state index in [4.69, 9.17) is 0 Å². The van der Waals surface area contributed by atoms with Gasteiger partial charge in [-0.05, 0) is 17.9 Å². The fraction of sp³-hybridized carbons (Fsp3) is 0.538. The molecule has 1 atom stereocenters. The number of nitrogens with one attached hydrogen (secondary N) is 1. The highest BCUT2D eigenvalue weighted by Gasteiger charge is 2.20. The van der Waals surface area contributed by atoms with Crippen LogP contribution in [0.5, 0.6) is 0 Å². The van der Waals surface area contributed by atoms with Crippen molar-refractivity contribution in [3.05, 3.63) is 34.0 Å². The third kappa shape index (κ3) is 2.47. The highest BCUT2D eigenvalue weighted by Crippen LogP contribution is 2.15. The molecule has 18 heavy (non-hydrogen) atoms. The van der Waals surface area contributed by atoms with Crippen LogP contribution in [0.3, 0.4) is 0 Å². The van der Waals surface area contributed by atoms with Crippen LogP contribution < -0.4 is 5.32 Å². The molecule has 0 unspecified atom stereocenters. The molecule has 4 nitrogen and oxygen atoms in total. The molecule has 96 valence electrons. The maximum atomic E-state index is 4.54. The van der Waals surface area contributed by atoms with E-state index in [-0.39, 0.29) is 0 Å². The summed E-state index contributed by atoms with van der Waals surface area (Å²) in [6, 6.07) is 4.80. The van der Waals surface area contributed by atoms with E-state index >= 15 is 0 Å². The van der Waals surface area contributed by atoms with Gasteiger partial charge in [0.05, 0.1) is 6.54 Å². The molecule has 3 heterocycles. The maximum absolute atomic E-state index is 4.54. The highest BCUT2D eigenvalue weighted by atomic mass is 32.1. The summed E-state index contributed by atoms with van der Waals surface area (Å²) in [4.78, 5) is 5.94. The molecule has 2 aromatic heterocycles. The van der Waals surface area contributed by atoms with Crippen LogP contribution in [0.4, 0.5) is 0 Å². The molecule has 5 heteroatoms. The van der Waals surface area contributed by atoms with Crippen LogP contribution in [-0.4, -0.2) is 20.8 Å². The molecule has 0 saturated carbocycles. The van der Waals surface area contributed by atoms with E-state index in [2.05, 4.69) is 44.5 Å². The largest absolute Gasteiger partial charge is 0.307 e. The Morgan fingerprint density at radius 2 is 2.50 bits per heavy atom. The van der Waals surface area contributed by atoms with Crippen molar-refractivity contribution < 1.29 is 0 Å². The molecule has 0 saturated heterocycles. The third-order valence-corrected chi connectivity index (χ3v) is 4.24. The highest BCUT2D eigenvalue weighted by molar-refractivity contribution is 7.09. The number of nitrogens with zero attached hydrogens (tertiary/aromatic N) is 3. The number of hydrogen-bond acceptors (Lipinski definition) is 4. The Balaban J connectivity index is 1.60. The van der Waals surface area contributed by atoms with Gasteiger partial charge in [0.1, 0.15) is 5.82 Å². The van der Waals surface area contributed by atoms with Crippen molar-refractivity contribution in [2.24, 2.45) is 0 Å². The van der Waals surface area contributed by atoms with E-state index in [1.807, 2.05) is 11.3 Å². The number of hydrogen-bond donors (Lipinski definition) is 1. The minimum Gasteiger partial charge on any atom is -0.307 e. The lowest BCUT2D eigenvalue weighted by Crippen LogP contribution is -2.37. The monoisotopic (exact) mass is 262 g/mol. The van der Waals surface area contributed by atoms with Gasteiger partial charge in [0.15, 0.2) is 5.82 Å². The van der Waals surface area contributed by atoms with Gasteiger partial charge >= 0.3 is 0 Å². The fourth-order valence-electron chi connectivity index (χ4n) is 2.34. The second kappa shape index (κ2) is 5.20. The molecule has 0 fully saturated rings. The van der Waals surface area contributed by atoms with Crippen LogP contribution in [0.1, 0.15) is 29.9 Å². The minimum absolute atomic E-state index is 0.519. The average molecular weight is 262 g/mol. The van der Waals surface area contributed by atoms with Crippen molar-refractivity contribution in [2.45, 2.75) is 45.3 Å². The van der Waals surface area contributed by atoms with E-state index in [1.165, 1.54) is 4.88 Å². The summed E-state index contributed by atoms with van der Waals surface area (Å²) < 4.78 is 2.08. The zero-order valence-corrected chi connectivity index (χ0v) is 11.4. The molecule has 0 bridgehead atoms. The van der Waals surface area contributed by atoms with Crippen LogP contribution in [0.15, 0.2) is 17.5 Å². The summed E-state index contributed by atoms with van der Waals surface area (Å²) in [7, 11) is 0. The Bertz CT molecular complexity index is 503. The standard InChI is InChI=1S/C13H18N4S/c1-2-12-15-13-6-5-10(9-17(13)16-12)14-8-11-4-3-7-18-11/h3-4,7,10,14H,2,5-6,8-9H2,1H3/t10-/m1/s1. The van der Waals surface area contributed by atoms with Crippen LogP contribution in [0, 0.1) is 0 Å². The lowest BCUT2D eigenvalue weighted by molar-refractivity contribution is 0.358. The second-order valence-electron chi connectivity index (χ2n) is 4.68. The zero-order valence-electron chi connectivity index (χ0n) is 10.6. The van der Waals surface area contributed by atoms with Gasteiger partial charge in [0, 0.05) is 30.3 Å². The number of aromatic nitrogens is 3. The van der Waals surface area contributed by atoms with Gasteiger partial charge in [-0.25, -0.2) is 9.67 Å². The van der Waals surface area contributed by atoms with E-state index in [0.29, 0.717) is 6.04 Å². The Hall–Kier alpha value is -1.20. The quantitative estimate of drug-likeness (QED) is 0.916. The van der Waals surface area contributed by atoms with E-state index in [0.717, 1.165) is 44.0 Å². The molecular formula is C13H18N4S. The smallest absolute Gasteiger partial charge is 0.150 e. The van der Waals surface area contributed by atoms with Gasteiger partial charge in [-0.3, -0.25) is 0 Å². The van der Waals surface area contributed by atoms with Crippen molar-refractivity contribution in [1.29, 1.82) is 0 Å². The average Bonchev–Trinajstić information content (AvgIpc) is 3.04. The minimum atomic E-state index is 0.519. The van der Waals surface area contributed by atoms with Gasteiger partial charge in [-0.2, -0.15) is 5.10 Å². The van der Waals surface area contributed by atoms with Gasteiger partial charge in [-0.15, -0.1) is 11.3 Å². The number of aryl methyl sites for hydroxylation is 2. The summed E-state index contributed by atoms with van der Waals surface area (Å²) >= 11 is 1.81. The number of rotatable bonds is 4. The first-order valence-electron chi connectivity index (χ1n) is 6.53. The topological polar surface area (TPSA) is 42.7 Å². The van der Waals surface area contributed by atoms with Crippen molar-refractivity contribution in [1.82, 2.24) is 20.1 Å². The first-order chi connectivity index (χ1) is 8.85. The molecule has 0 radical (unpaired) electrons. The molecule has 1 aliphatic rings. The van der Waals surface area contributed by atoms with Crippen molar-refractivity contribution in [2.75, 3.05) is 0 Å². The lowest BCUT2D eigenvalue weighted by atomic mass is 10.1. The summed E-state index contributed by atoms with van der Waals surface area (Å²) in [6.45, 7) is 4.02. The molecule has 1 N–H and O–H groups in total. The Morgan fingerprint density at radius 1 is 1.56 bits per heavy atom. The number of thiophene rings is 1. The van der Waals surface area contributed by atoms with E-state index < -0.39 is 0 Å². The SMILES string of the molecule is CCc1nc2n(n1)C[C@H](NCc1cccs1)CC2. The second-order valence-corrected chi connectivity index (χ2v) is 5.71. The Morgan fingerprint density at radius 3 is 3.28 bits per heavy atom. The summed E-state index contributed by atoms with van der Waals surface area (Å²) in [6.07, 6.45) is 3.12. The van der Waals surface area contributed by atoms with Crippen LogP contribution >= 0.6 is 11.3 Å². The normalized spacial score (nSPS) is 18.8. The third-order valence-electron chi connectivity index (χ3n) is 3.36. The molecule has 0 aromatic carbocycles. The maximum Gasteiger partial charge on any atom is 0.150 e. The first kappa shape index (κ1) is 11.9. The summed E-state index contributed by atoms with van der Waals surface area (Å²) in [5, 5.41) is 10.3. The van der Waals surface area contributed by atoms with Crippen LogP contribution in [0.2, 0.25) is 0 Å². The molecular weight excluding hydrogens is 244 g/mol. The Kier molecular flexibility index (Phi) is 3.43. The van der Waals surface area contributed by atoms with Crippen LogP contribution in [0.25, 0.3) is 0 Å². The predicted octanol–water partition coefficient (Wildman–Crippen LogP) is 2.01. The van der Waals surface area contributed by atoms with Crippen molar-refractivity contribution >= 4 is 11.3 Å². The summed E-state index contributed by atoms with van der Waals surface area (Å²) in [5.41, 5.74) is 0. The van der Waals surface area contributed by atoms with Gasteiger partial charge < -0.3 is 5.32 Å². The van der Waals surface area contributed by atoms with E-state index in [1.54, 1.807) is 0 Å². The molecule has 2 aromatic rings. The molecule has 0 amide bonds. The van der Waals surface area contributed by atoms with Gasteiger partial charge in [0.2, 0.25) is 0 Å². The Labute approximate surface area is 111 Å². The first-order valence-corrected chi connectivity index (χ1v) is 7.41. The molecule has 0 aliphatic carbocycles. The number of fused-ring (bicyclic) bond motifs is 1. The molecule has 0 spiro atoms. The predicted molar refractivity (Wildman–Crippen MR) is 72.7 cm³/mol. The van der Waals surface area contributed by atoms with Gasteiger partial charge in [0.25, 0.3) is 0 Å². The lowest BCUT2D eigenvalue weighted by Gasteiger charge is -2.23. The van der Waals surface area contributed by atoms with Crippen molar-refractivity contribution in [3.8, 4) is 0 Å². The molecule has 3 rings (SSSR count). The van der Waals surface area contributed by atoms with Gasteiger partial charge in [-0.1, -0.05) is 13.0 Å². The van der Waals surface area contributed by atoms with E-state index in [9.17, 15) is 0 Å². The van der Waals surface area contributed by atoms with Crippen molar-refractivity contribution in [3.63, 3.8) is 0 Å². The zero-order chi connectivity index (χ0) is 12.4. The summed E-state index contributed by atoms with van der Waals surface area (Å²) in [5.74, 6) is 2.13. The molecule has 1 aliphatic heterocycles. The fourth-order valence-corrected chi connectivity index (χ4v) is 2.99.